The largest absolute Gasteiger partial charge is 0.317 e. The molecule has 1 aliphatic heterocycles. The molecular weight excluding hydrogens is 194 g/mol. The fourth-order valence-corrected chi connectivity index (χ4v) is 2.60. The highest BCUT2D eigenvalue weighted by Crippen LogP contribution is 2.29. The van der Waals surface area contributed by atoms with E-state index in [0.717, 1.165) is 25.4 Å². The summed E-state index contributed by atoms with van der Waals surface area (Å²) in [5.41, 5.74) is 4.38. The second-order valence-corrected chi connectivity index (χ2v) is 4.72. The van der Waals surface area contributed by atoms with Gasteiger partial charge in [0.25, 0.3) is 0 Å². The fourth-order valence-electron chi connectivity index (χ4n) is 2.60. The number of rotatable bonds is 3. The van der Waals surface area contributed by atoms with Gasteiger partial charge in [0.2, 0.25) is 0 Å². The van der Waals surface area contributed by atoms with Crippen LogP contribution in [0.15, 0.2) is 30.9 Å². The lowest BCUT2D eigenvalue weighted by Crippen LogP contribution is -2.27. The summed E-state index contributed by atoms with van der Waals surface area (Å²) in [6.07, 6.45) is 5.56. The van der Waals surface area contributed by atoms with E-state index in [0.29, 0.717) is 0 Å². The average Bonchev–Trinajstić information content (AvgIpc) is 2.31. The Morgan fingerprint density at radius 2 is 2.12 bits per heavy atom. The first-order chi connectivity index (χ1) is 7.81. The molecule has 1 aliphatic rings. The van der Waals surface area contributed by atoms with E-state index in [4.69, 9.17) is 0 Å². The van der Waals surface area contributed by atoms with Crippen LogP contribution in [0.5, 0.6) is 0 Å². The molecule has 0 radical (unpaired) electrons. The van der Waals surface area contributed by atoms with Crippen molar-refractivity contribution in [1.82, 2.24) is 5.32 Å². The lowest BCUT2D eigenvalue weighted by atomic mass is 9.85. The number of allylic oxidation sites excluding steroid dienone is 1. The van der Waals surface area contributed by atoms with E-state index in [2.05, 4.69) is 37.0 Å². The first-order valence-electron chi connectivity index (χ1n) is 6.22. The van der Waals surface area contributed by atoms with Gasteiger partial charge in [-0.1, -0.05) is 29.8 Å². The van der Waals surface area contributed by atoms with Gasteiger partial charge in [-0.2, -0.15) is 0 Å². The van der Waals surface area contributed by atoms with Gasteiger partial charge >= 0.3 is 0 Å². The van der Waals surface area contributed by atoms with E-state index in [1.807, 2.05) is 6.08 Å². The molecule has 1 fully saturated rings. The normalized spacial score (nSPS) is 17.3. The molecule has 0 bridgehead atoms. The van der Waals surface area contributed by atoms with Crippen molar-refractivity contribution in [3.05, 3.63) is 47.5 Å². The van der Waals surface area contributed by atoms with Crippen molar-refractivity contribution in [2.45, 2.75) is 32.1 Å². The van der Waals surface area contributed by atoms with Crippen LogP contribution in [-0.2, 0) is 6.42 Å². The molecule has 1 aromatic carbocycles. The van der Waals surface area contributed by atoms with Gasteiger partial charge < -0.3 is 5.32 Å². The molecule has 1 heteroatoms. The van der Waals surface area contributed by atoms with Gasteiger partial charge in [0.15, 0.2) is 0 Å². The van der Waals surface area contributed by atoms with E-state index in [9.17, 15) is 0 Å². The standard InChI is InChI=1S/C15H21N/c1-3-4-14-11-12(2)5-6-15(14)13-7-9-16-10-8-13/h3,5-6,11,13,16H,1,4,7-10H2,2H3. The van der Waals surface area contributed by atoms with Gasteiger partial charge in [0.1, 0.15) is 0 Å². The van der Waals surface area contributed by atoms with Crippen LogP contribution in [-0.4, -0.2) is 13.1 Å². The van der Waals surface area contributed by atoms with Gasteiger partial charge in [0.05, 0.1) is 0 Å². The SMILES string of the molecule is C=CCc1cc(C)ccc1C1CCNCC1. The maximum atomic E-state index is 3.86. The third-order valence-electron chi connectivity index (χ3n) is 3.44. The van der Waals surface area contributed by atoms with Crippen molar-refractivity contribution >= 4 is 0 Å². The molecule has 0 saturated carbocycles. The van der Waals surface area contributed by atoms with Crippen molar-refractivity contribution in [1.29, 1.82) is 0 Å². The van der Waals surface area contributed by atoms with Crippen LogP contribution in [0.4, 0.5) is 0 Å². The Morgan fingerprint density at radius 1 is 1.38 bits per heavy atom. The van der Waals surface area contributed by atoms with Gasteiger partial charge in [-0.15, -0.1) is 6.58 Å². The summed E-state index contributed by atoms with van der Waals surface area (Å²) in [7, 11) is 0. The molecule has 0 aliphatic carbocycles. The van der Waals surface area contributed by atoms with E-state index in [1.54, 1.807) is 5.56 Å². The first kappa shape index (κ1) is 11.4. The highest BCUT2D eigenvalue weighted by molar-refractivity contribution is 5.35. The Bertz CT molecular complexity index is 362. The lowest BCUT2D eigenvalue weighted by molar-refractivity contribution is 0.458. The monoisotopic (exact) mass is 215 g/mol. The highest BCUT2D eigenvalue weighted by atomic mass is 14.9. The Labute approximate surface area is 98.6 Å². The summed E-state index contributed by atoms with van der Waals surface area (Å²) in [6.45, 7) is 8.34. The number of nitrogens with one attached hydrogen (secondary N) is 1. The number of piperidine rings is 1. The second-order valence-electron chi connectivity index (χ2n) is 4.72. The van der Waals surface area contributed by atoms with Crippen LogP contribution in [0, 0.1) is 6.92 Å². The van der Waals surface area contributed by atoms with Crippen LogP contribution in [0.2, 0.25) is 0 Å². The maximum Gasteiger partial charge on any atom is -0.00431 e. The van der Waals surface area contributed by atoms with Crippen LogP contribution < -0.4 is 5.32 Å². The summed E-state index contributed by atoms with van der Waals surface area (Å²) in [6, 6.07) is 6.88. The van der Waals surface area contributed by atoms with E-state index in [1.165, 1.54) is 24.0 Å². The topological polar surface area (TPSA) is 12.0 Å². The summed E-state index contributed by atoms with van der Waals surface area (Å²) in [4.78, 5) is 0. The van der Waals surface area contributed by atoms with E-state index >= 15 is 0 Å². The molecule has 1 heterocycles. The molecule has 0 spiro atoms. The predicted octanol–water partition coefficient (Wildman–Crippen LogP) is 3.19. The molecule has 0 amide bonds. The van der Waals surface area contributed by atoms with Gasteiger partial charge in [0, 0.05) is 0 Å². The average molecular weight is 215 g/mol. The molecule has 2 rings (SSSR count). The molecule has 0 unspecified atom stereocenters. The minimum absolute atomic E-state index is 0.747. The number of hydrogen-bond acceptors (Lipinski definition) is 1. The fraction of sp³-hybridized carbons (Fsp3) is 0.467. The molecule has 16 heavy (non-hydrogen) atoms. The number of aryl methyl sites for hydroxylation is 1. The van der Waals surface area contributed by atoms with Gasteiger partial charge in [-0.05, 0) is 56.3 Å². The Hall–Kier alpha value is -1.08. The van der Waals surface area contributed by atoms with Crippen molar-refractivity contribution in [2.24, 2.45) is 0 Å². The predicted molar refractivity (Wildman–Crippen MR) is 69.9 cm³/mol. The third kappa shape index (κ3) is 2.53. The Balaban J connectivity index is 2.26. The minimum atomic E-state index is 0.747. The molecule has 1 aromatic rings. The van der Waals surface area contributed by atoms with E-state index < -0.39 is 0 Å². The zero-order valence-electron chi connectivity index (χ0n) is 10.1. The van der Waals surface area contributed by atoms with Crippen molar-refractivity contribution < 1.29 is 0 Å². The Kier molecular flexibility index (Phi) is 3.79. The summed E-state index contributed by atoms with van der Waals surface area (Å²) in [5, 5.41) is 3.43. The number of hydrogen-bond donors (Lipinski definition) is 1. The smallest absolute Gasteiger partial charge is 0.00431 e. The van der Waals surface area contributed by atoms with Crippen molar-refractivity contribution in [2.75, 3.05) is 13.1 Å². The summed E-state index contributed by atoms with van der Waals surface area (Å²) in [5.74, 6) is 0.747. The van der Waals surface area contributed by atoms with Crippen LogP contribution in [0.1, 0.15) is 35.4 Å². The maximum absolute atomic E-state index is 3.86. The van der Waals surface area contributed by atoms with Crippen molar-refractivity contribution in [3.63, 3.8) is 0 Å². The molecular formula is C15H21N. The van der Waals surface area contributed by atoms with Gasteiger partial charge in [-0.25, -0.2) is 0 Å². The molecule has 1 saturated heterocycles. The van der Waals surface area contributed by atoms with Gasteiger partial charge in [-0.3, -0.25) is 0 Å². The summed E-state index contributed by atoms with van der Waals surface area (Å²) >= 11 is 0. The molecule has 1 N–H and O–H groups in total. The first-order valence-corrected chi connectivity index (χ1v) is 6.22. The van der Waals surface area contributed by atoms with Crippen LogP contribution >= 0.6 is 0 Å². The lowest BCUT2D eigenvalue weighted by Gasteiger charge is -2.25. The number of benzene rings is 1. The zero-order chi connectivity index (χ0) is 11.4. The summed E-state index contributed by atoms with van der Waals surface area (Å²) < 4.78 is 0. The molecule has 0 aromatic heterocycles. The van der Waals surface area contributed by atoms with Crippen LogP contribution in [0.25, 0.3) is 0 Å². The Morgan fingerprint density at radius 3 is 2.81 bits per heavy atom. The molecule has 1 nitrogen and oxygen atoms in total. The molecule has 86 valence electrons. The quantitative estimate of drug-likeness (QED) is 0.764. The van der Waals surface area contributed by atoms with Crippen molar-refractivity contribution in [3.8, 4) is 0 Å². The highest BCUT2D eigenvalue weighted by Gasteiger charge is 2.17. The van der Waals surface area contributed by atoms with E-state index in [-0.39, 0.29) is 0 Å². The zero-order valence-corrected chi connectivity index (χ0v) is 10.1. The third-order valence-corrected chi connectivity index (χ3v) is 3.44. The van der Waals surface area contributed by atoms with Crippen LogP contribution in [0.3, 0.4) is 0 Å². The molecule has 0 atom stereocenters. The minimum Gasteiger partial charge on any atom is -0.317 e. The second kappa shape index (κ2) is 5.31.